The molecule has 0 saturated carbocycles. The van der Waals surface area contributed by atoms with Gasteiger partial charge < -0.3 is 46.6 Å². The summed E-state index contributed by atoms with van der Waals surface area (Å²) in [6, 6.07) is -1.89. The van der Waals surface area contributed by atoms with E-state index in [9.17, 15) is 49.5 Å². The third-order valence-electron chi connectivity index (χ3n) is 4.94. The van der Waals surface area contributed by atoms with Gasteiger partial charge in [0.1, 0.15) is 24.0 Å². The number of Topliss-reactive ketones (excluding diaryl/α,β-unsaturated/α-hetero) is 1. The highest BCUT2D eigenvalue weighted by Gasteiger charge is 2.35. The molecule has 0 aliphatic carbocycles. The Labute approximate surface area is 200 Å². The largest absolute Gasteiger partial charge is 0.480 e. The van der Waals surface area contributed by atoms with E-state index in [4.69, 9.17) is 5.11 Å². The van der Waals surface area contributed by atoms with Gasteiger partial charge in [-0.25, -0.2) is 9.59 Å². The first-order chi connectivity index (χ1) is 15.8. The number of aliphatic hydroxyl groups is 4. The van der Waals surface area contributed by atoms with Crippen LogP contribution in [0.15, 0.2) is 0 Å². The van der Waals surface area contributed by atoms with E-state index in [1.807, 2.05) is 0 Å². The average Bonchev–Trinajstić information content (AvgIpc) is 2.79. The van der Waals surface area contributed by atoms with Crippen LogP contribution in [0.4, 0.5) is 0 Å². The van der Waals surface area contributed by atoms with Gasteiger partial charge in [-0.2, -0.15) is 11.8 Å². The van der Waals surface area contributed by atoms with Crippen LogP contribution < -0.4 is 16.0 Å². The van der Waals surface area contributed by atoms with Crippen LogP contribution >= 0.6 is 11.8 Å². The number of carbonyl (C=O) groups is 5. The van der Waals surface area contributed by atoms with Crippen molar-refractivity contribution in [2.75, 3.05) is 25.6 Å². The van der Waals surface area contributed by atoms with Gasteiger partial charge in [0.05, 0.1) is 18.1 Å². The third kappa shape index (κ3) is 10.8. The summed E-state index contributed by atoms with van der Waals surface area (Å²) < 4.78 is 0. The Balaban J connectivity index is 5.23. The first-order valence-corrected chi connectivity index (χ1v) is 11.6. The quantitative estimate of drug-likeness (QED) is 0.0909. The number of carbonyl (C=O) groups excluding carboxylic acids is 3. The molecule has 0 spiro atoms. The van der Waals surface area contributed by atoms with Crippen molar-refractivity contribution >= 4 is 41.3 Å². The molecule has 0 aromatic heterocycles. The number of nitrogens with one attached hydrogen (secondary N) is 3. The summed E-state index contributed by atoms with van der Waals surface area (Å²) in [6.07, 6.45) is -7.93. The Kier molecular flexibility index (Phi) is 14.5. The number of likely N-dealkylation sites (N-methyl/N-ethyl adjacent to an activating group) is 1. The van der Waals surface area contributed by atoms with Crippen LogP contribution in [-0.2, 0) is 24.0 Å². The zero-order valence-corrected chi connectivity index (χ0v) is 19.8. The van der Waals surface area contributed by atoms with E-state index in [0.717, 1.165) is 0 Å². The number of thioether (sulfide) groups is 1. The van der Waals surface area contributed by atoms with Gasteiger partial charge >= 0.3 is 11.9 Å². The summed E-state index contributed by atoms with van der Waals surface area (Å²) in [6.45, 7) is 0.864. The standard InChI is InChI=1S/C19H33N3O11S/c1-8(20-2)11(23)4-9(17(29)22-10(7-34-3)18(30)31)5-13(25)21-6-12(24)14(26)15(27)16(28)19(32)33/h8-10,12,14-16,20,24,26-28H,4-7H2,1-3H3,(H,21,25)(H,22,29)(H,30,31)(H,32,33)/t8-,9?,10-,12?,14?,15?,16?/m0/s1. The van der Waals surface area contributed by atoms with E-state index >= 15 is 0 Å². The van der Waals surface area contributed by atoms with Crippen molar-refractivity contribution in [2.24, 2.45) is 5.92 Å². The summed E-state index contributed by atoms with van der Waals surface area (Å²) in [4.78, 5) is 59.2. The Morgan fingerprint density at radius 2 is 1.50 bits per heavy atom. The monoisotopic (exact) mass is 511 g/mol. The van der Waals surface area contributed by atoms with Crippen molar-refractivity contribution in [1.82, 2.24) is 16.0 Å². The Bertz CT molecular complexity index is 724. The molecule has 14 nitrogen and oxygen atoms in total. The molecular formula is C19H33N3O11S. The SMILES string of the molecule is CN[C@@H](C)C(=O)CC(CC(=O)NCC(O)C(O)C(O)C(O)C(=O)O)C(=O)N[C@@H](CSC)C(=O)O. The molecule has 0 rings (SSSR count). The molecule has 2 amide bonds. The highest BCUT2D eigenvalue weighted by molar-refractivity contribution is 7.98. The van der Waals surface area contributed by atoms with Crippen LogP contribution in [-0.4, -0.2) is 122 Å². The van der Waals surface area contributed by atoms with Crippen molar-refractivity contribution < 1.29 is 54.6 Å². The number of carboxylic acid groups (broad SMARTS) is 2. The van der Waals surface area contributed by atoms with Crippen molar-refractivity contribution in [1.29, 1.82) is 0 Å². The summed E-state index contributed by atoms with van der Waals surface area (Å²) >= 11 is 1.17. The van der Waals surface area contributed by atoms with Gasteiger partial charge in [0, 0.05) is 25.1 Å². The number of ketones is 1. The molecular weight excluding hydrogens is 478 g/mol. The van der Waals surface area contributed by atoms with Crippen LogP contribution in [0, 0.1) is 5.92 Å². The topological polar surface area (TPSA) is 243 Å². The molecule has 0 aromatic rings. The zero-order chi connectivity index (χ0) is 26.6. The fraction of sp³-hybridized carbons (Fsp3) is 0.737. The number of aliphatic carboxylic acids is 2. The molecule has 0 fully saturated rings. The minimum absolute atomic E-state index is 0.0510. The molecule has 15 heteroatoms. The summed E-state index contributed by atoms with van der Waals surface area (Å²) in [5, 5.41) is 63.4. The fourth-order valence-electron chi connectivity index (χ4n) is 2.66. The molecule has 7 atom stereocenters. The first kappa shape index (κ1) is 31.7. The first-order valence-electron chi connectivity index (χ1n) is 10.2. The number of hydrogen-bond donors (Lipinski definition) is 9. The van der Waals surface area contributed by atoms with Crippen molar-refractivity contribution in [2.45, 2.75) is 56.3 Å². The molecule has 5 unspecified atom stereocenters. The number of aliphatic hydroxyl groups excluding tert-OH is 4. The number of amides is 2. The predicted molar refractivity (Wildman–Crippen MR) is 119 cm³/mol. The maximum absolute atomic E-state index is 12.6. The van der Waals surface area contributed by atoms with Gasteiger partial charge in [-0.3, -0.25) is 14.4 Å². The molecule has 0 heterocycles. The number of carboxylic acids is 2. The van der Waals surface area contributed by atoms with Crippen molar-refractivity contribution in [3.63, 3.8) is 0 Å². The van der Waals surface area contributed by atoms with Gasteiger partial charge in [-0.1, -0.05) is 0 Å². The predicted octanol–water partition coefficient (Wildman–Crippen LogP) is -3.86. The van der Waals surface area contributed by atoms with E-state index in [0.29, 0.717) is 0 Å². The molecule has 196 valence electrons. The molecule has 0 bridgehead atoms. The second-order valence-electron chi connectivity index (χ2n) is 7.57. The van der Waals surface area contributed by atoms with E-state index < -0.39 is 84.9 Å². The van der Waals surface area contributed by atoms with Gasteiger partial charge in [0.2, 0.25) is 11.8 Å². The lowest BCUT2D eigenvalue weighted by Crippen LogP contribution is -2.51. The van der Waals surface area contributed by atoms with Crippen LogP contribution in [0.5, 0.6) is 0 Å². The molecule has 0 aliphatic heterocycles. The molecule has 34 heavy (non-hydrogen) atoms. The lowest BCUT2D eigenvalue weighted by molar-refractivity contribution is -0.162. The maximum atomic E-state index is 12.6. The minimum Gasteiger partial charge on any atom is -0.480 e. The van der Waals surface area contributed by atoms with Gasteiger partial charge in [0.25, 0.3) is 0 Å². The van der Waals surface area contributed by atoms with Crippen LogP contribution in [0.25, 0.3) is 0 Å². The lowest BCUT2D eigenvalue weighted by Gasteiger charge is -2.25. The highest BCUT2D eigenvalue weighted by Crippen LogP contribution is 2.13. The van der Waals surface area contributed by atoms with E-state index in [-0.39, 0.29) is 12.2 Å². The van der Waals surface area contributed by atoms with Crippen LogP contribution in [0.1, 0.15) is 19.8 Å². The molecule has 0 saturated heterocycles. The average molecular weight is 512 g/mol. The van der Waals surface area contributed by atoms with E-state index in [1.165, 1.54) is 18.8 Å². The Morgan fingerprint density at radius 1 is 0.912 bits per heavy atom. The lowest BCUT2D eigenvalue weighted by atomic mass is 9.94. The summed E-state index contributed by atoms with van der Waals surface area (Å²) in [5.74, 6) is -6.41. The van der Waals surface area contributed by atoms with Gasteiger partial charge in [-0.15, -0.1) is 0 Å². The minimum atomic E-state index is -2.38. The zero-order valence-electron chi connectivity index (χ0n) is 19.0. The van der Waals surface area contributed by atoms with Crippen molar-refractivity contribution in [3.8, 4) is 0 Å². The number of rotatable bonds is 17. The summed E-state index contributed by atoms with van der Waals surface area (Å²) in [5.41, 5.74) is 0. The molecule has 9 N–H and O–H groups in total. The smallest absolute Gasteiger partial charge is 0.335 e. The van der Waals surface area contributed by atoms with E-state index in [1.54, 1.807) is 13.2 Å². The maximum Gasteiger partial charge on any atom is 0.335 e. The molecule has 0 radical (unpaired) electrons. The van der Waals surface area contributed by atoms with Gasteiger partial charge in [0.15, 0.2) is 6.10 Å². The second-order valence-corrected chi connectivity index (χ2v) is 8.48. The molecule has 0 aromatic carbocycles. The Morgan fingerprint density at radius 3 is 1.97 bits per heavy atom. The second kappa shape index (κ2) is 15.6. The Hall–Kier alpha value is -2.30. The van der Waals surface area contributed by atoms with E-state index in [2.05, 4.69) is 16.0 Å². The molecule has 0 aliphatic rings. The fourth-order valence-corrected chi connectivity index (χ4v) is 3.22. The highest BCUT2D eigenvalue weighted by atomic mass is 32.2. The normalized spacial score (nSPS) is 17.4. The summed E-state index contributed by atoms with van der Waals surface area (Å²) in [7, 11) is 1.52. The van der Waals surface area contributed by atoms with Crippen LogP contribution in [0.2, 0.25) is 0 Å². The van der Waals surface area contributed by atoms with Crippen LogP contribution in [0.3, 0.4) is 0 Å². The van der Waals surface area contributed by atoms with Crippen molar-refractivity contribution in [3.05, 3.63) is 0 Å². The number of hydrogen-bond acceptors (Lipinski definition) is 11. The third-order valence-corrected chi connectivity index (χ3v) is 5.61. The van der Waals surface area contributed by atoms with Gasteiger partial charge in [-0.05, 0) is 20.2 Å².